The fraction of sp³-hybridized carbons (Fsp3) is 0.455. The molecule has 3 atom stereocenters. The summed E-state index contributed by atoms with van der Waals surface area (Å²) in [6, 6.07) is 25.6. The van der Waals surface area contributed by atoms with Gasteiger partial charge in [-0.05, 0) is 93.0 Å². The Bertz CT molecular complexity index is 1420. The van der Waals surface area contributed by atoms with Crippen molar-refractivity contribution in [1.29, 1.82) is 0 Å². The normalized spacial score (nSPS) is 24.8. The van der Waals surface area contributed by atoms with Gasteiger partial charge >= 0.3 is 0 Å². The van der Waals surface area contributed by atoms with Crippen LogP contribution in [0, 0.1) is 6.92 Å². The van der Waals surface area contributed by atoms with E-state index < -0.39 is 0 Å². The molecule has 3 saturated heterocycles. The van der Waals surface area contributed by atoms with E-state index in [2.05, 4.69) is 75.9 Å². The molecule has 5 nitrogen and oxygen atoms in total. The number of nitrogens with zero attached hydrogens (tertiary/aromatic N) is 4. The molecule has 5 heterocycles. The summed E-state index contributed by atoms with van der Waals surface area (Å²) in [6.07, 6.45) is 8.32. The van der Waals surface area contributed by atoms with Crippen molar-refractivity contribution in [3.05, 3.63) is 88.4 Å². The zero-order valence-electron chi connectivity index (χ0n) is 22.8. The first-order valence-corrected chi connectivity index (χ1v) is 15.6. The molecule has 202 valence electrons. The molecule has 2 aromatic heterocycles. The van der Waals surface area contributed by atoms with E-state index in [-0.39, 0.29) is 11.3 Å². The number of piperidine rings is 2. The summed E-state index contributed by atoms with van der Waals surface area (Å²) in [7, 11) is 0. The summed E-state index contributed by atoms with van der Waals surface area (Å²) in [6.45, 7) is 5.01. The van der Waals surface area contributed by atoms with Crippen LogP contribution in [0.15, 0.2) is 72.1 Å². The number of thiophene rings is 1. The minimum atomic E-state index is 0.140. The van der Waals surface area contributed by atoms with Crippen LogP contribution in [0.2, 0.25) is 0 Å². The Morgan fingerprint density at radius 2 is 1.64 bits per heavy atom. The molecule has 0 N–H and O–H groups in total. The monoisotopic (exact) mass is 538 g/mol. The van der Waals surface area contributed by atoms with Crippen molar-refractivity contribution in [3.63, 3.8) is 0 Å². The van der Waals surface area contributed by atoms with E-state index >= 15 is 0 Å². The van der Waals surface area contributed by atoms with Crippen LogP contribution < -0.4 is 0 Å². The van der Waals surface area contributed by atoms with Gasteiger partial charge in [0.15, 0.2) is 0 Å². The van der Waals surface area contributed by atoms with Crippen LogP contribution in [0.25, 0.3) is 11.0 Å². The van der Waals surface area contributed by atoms with Crippen LogP contribution in [0.1, 0.15) is 72.0 Å². The molecule has 0 radical (unpaired) electrons. The van der Waals surface area contributed by atoms with Gasteiger partial charge in [0.1, 0.15) is 5.82 Å². The zero-order valence-corrected chi connectivity index (χ0v) is 23.7. The van der Waals surface area contributed by atoms with Gasteiger partial charge in [-0.1, -0.05) is 48.5 Å². The SMILES string of the molecule is Cc1nc2ccccc2n1[C@@H]1C[C@H]2CC[C@@H](C1)N2CCC1(c2ccccc2)CCN(C(=O)c2cccs2)CC1. The highest BCUT2D eigenvalue weighted by atomic mass is 32.1. The number of rotatable bonds is 6. The molecule has 0 saturated carbocycles. The molecule has 1 amide bonds. The lowest BCUT2D eigenvalue weighted by Gasteiger charge is -2.45. The van der Waals surface area contributed by atoms with Crippen LogP contribution in [0.4, 0.5) is 0 Å². The number of aryl methyl sites for hydroxylation is 1. The highest BCUT2D eigenvalue weighted by Crippen LogP contribution is 2.45. The molecule has 0 spiro atoms. The first-order chi connectivity index (χ1) is 19.1. The Labute approximate surface area is 235 Å². The van der Waals surface area contributed by atoms with Crippen LogP contribution in [-0.2, 0) is 5.41 Å². The molecule has 2 aromatic carbocycles. The van der Waals surface area contributed by atoms with Gasteiger partial charge in [-0.15, -0.1) is 11.3 Å². The van der Waals surface area contributed by atoms with Gasteiger partial charge in [0.25, 0.3) is 5.91 Å². The molecule has 39 heavy (non-hydrogen) atoms. The number of amides is 1. The van der Waals surface area contributed by atoms with Crippen molar-refractivity contribution in [2.45, 2.75) is 75.4 Å². The maximum atomic E-state index is 13.1. The summed E-state index contributed by atoms with van der Waals surface area (Å²) in [5, 5.41) is 2.00. The Morgan fingerprint density at radius 3 is 2.36 bits per heavy atom. The van der Waals surface area contributed by atoms with Crippen molar-refractivity contribution < 1.29 is 4.79 Å². The van der Waals surface area contributed by atoms with Crippen molar-refractivity contribution in [3.8, 4) is 0 Å². The van der Waals surface area contributed by atoms with Gasteiger partial charge < -0.3 is 9.47 Å². The number of likely N-dealkylation sites (tertiary alicyclic amines) is 1. The molecular formula is C33H38N4OS. The molecule has 0 unspecified atom stereocenters. The maximum absolute atomic E-state index is 13.1. The predicted octanol–water partition coefficient (Wildman–Crippen LogP) is 6.84. The minimum Gasteiger partial charge on any atom is -0.338 e. The van der Waals surface area contributed by atoms with Gasteiger partial charge in [-0.2, -0.15) is 0 Å². The quantitative estimate of drug-likeness (QED) is 0.270. The fourth-order valence-corrected chi connectivity index (χ4v) is 8.65. The molecule has 2 bridgehead atoms. The third kappa shape index (κ3) is 4.52. The number of hydrogen-bond acceptors (Lipinski definition) is 4. The number of carbonyl (C=O) groups is 1. The van der Waals surface area contributed by atoms with E-state index in [1.165, 1.54) is 43.2 Å². The molecule has 7 rings (SSSR count). The standard InChI is InChI=1S/C33H38N4OS/c1-24-34-29-10-5-6-11-30(29)37(24)28-22-26-13-14-27(23-28)36(26)20-17-33(25-8-3-2-4-9-25)15-18-35(19-16-33)32(38)31-12-7-21-39-31/h2-12,21,26-28H,13-20,22-23H2,1H3/t26-,27+,28-. The smallest absolute Gasteiger partial charge is 0.263 e. The molecule has 6 heteroatoms. The maximum Gasteiger partial charge on any atom is 0.263 e. The summed E-state index contributed by atoms with van der Waals surface area (Å²) in [5.41, 5.74) is 4.01. The molecule has 3 aliphatic rings. The van der Waals surface area contributed by atoms with Gasteiger partial charge in [-0.3, -0.25) is 9.69 Å². The van der Waals surface area contributed by atoms with Crippen molar-refractivity contribution in [1.82, 2.24) is 19.4 Å². The minimum absolute atomic E-state index is 0.140. The topological polar surface area (TPSA) is 41.4 Å². The summed E-state index contributed by atoms with van der Waals surface area (Å²) in [5.74, 6) is 1.36. The lowest BCUT2D eigenvalue weighted by molar-refractivity contribution is 0.0611. The molecule has 3 aliphatic heterocycles. The molecular weight excluding hydrogens is 500 g/mol. The third-order valence-electron chi connectivity index (χ3n) is 9.97. The third-order valence-corrected chi connectivity index (χ3v) is 10.8. The van der Waals surface area contributed by atoms with Gasteiger partial charge in [-0.25, -0.2) is 4.98 Å². The number of hydrogen-bond donors (Lipinski definition) is 0. The number of carbonyl (C=O) groups excluding carboxylic acids is 1. The first kappa shape index (κ1) is 25.0. The van der Waals surface area contributed by atoms with Crippen molar-refractivity contribution >= 4 is 28.3 Å². The number of aromatic nitrogens is 2. The van der Waals surface area contributed by atoms with Gasteiger partial charge in [0.2, 0.25) is 0 Å². The van der Waals surface area contributed by atoms with E-state index in [9.17, 15) is 4.79 Å². The average molecular weight is 539 g/mol. The number of para-hydroxylation sites is 2. The Balaban J connectivity index is 1.07. The summed E-state index contributed by atoms with van der Waals surface area (Å²) >= 11 is 1.55. The highest BCUT2D eigenvalue weighted by Gasteiger charge is 2.44. The predicted molar refractivity (Wildman–Crippen MR) is 158 cm³/mol. The Hall–Kier alpha value is -2.96. The molecule has 3 fully saturated rings. The van der Waals surface area contributed by atoms with Gasteiger partial charge in [0, 0.05) is 31.2 Å². The van der Waals surface area contributed by atoms with Gasteiger partial charge in [0.05, 0.1) is 15.9 Å². The largest absolute Gasteiger partial charge is 0.338 e. The lowest BCUT2D eigenvalue weighted by Crippen LogP contribution is -2.49. The van der Waals surface area contributed by atoms with Crippen LogP contribution >= 0.6 is 11.3 Å². The average Bonchev–Trinajstić information content (AvgIpc) is 3.68. The van der Waals surface area contributed by atoms with E-state index in [0.717, 1.165) is 48.7 Å². The molecule has 0 aliphatic carbocycles. The van der Waals surface area contributed by atoms with Crippen molar-refractivity contribution in [2.75, 3.05) is 19.6 Å². The first-order valence-electron chi connectivity index (χ1n) is 14.7. The Morgan fingerprint density at radius 1 is 0.923 bits per heavy atom. The van der Waals surface area contributed by atoms with Crippen molar-refractivity contribution in [2.24, 2.45) is 0 Å². The second-order valence-corrected chi connectivity index (χ2v) is 12.9. The van der Waals surface area contributed by atoms with E-state index in [1.54, 1.807) is 11.3 Å². The van der Waals surface area contributed by atoms with Crippen LogP contribution in [-0.4, -0.2) is 57.0 Å². The number of imidazole rings is 1. The number of benzene rings is 2. The second kappa shape index (κ2) is 10.2. The zero-order chi connectivity index (χ0) is 26.4. The molecule has 4 aromatic rings. The van der Waals surface area contributed by atoms with Crippen LogP contribution in [0.3, 0.4) is 0 Å². The number of fused-ring (bicyclic) bond motifs is 3. The Kier molecular flexibility index (Phi) is 6.56. The lowest BCUT2D eigenvalue weighted by atomic mass is 9.70. The van der Waals surface area contributed by atoms with E-state index in [4.69, 9.17) is 4.98 Å². The van der Waals surface area contributed by atoms with E-state index in [1.807, 2.05) is 17.5 Å². The summed E-state index contributed by atoms with van der Waals surface area (Å²) < 4.78 is 2.53. The van der Waals surface area contributed by atoms with E-state index in [0.29, 0.717) is 18.1 Å². The fourth-order valence-electron chi connectivity index (χ4n) is 7.96. The highest BCUT2D eigenvalue weighted by molar-refractivity contribution is 7.12. The van der Waals surface area contributed by atoms with Crippen LogP contribution in [0.5, 0.6) is 0 Å². The second-order valence-electron chi connectivity index (χ2n) is 11.9. The summed E-state index contributed by atoms with van der Waals surface area (Å²) in [4.78, 5) is 23.7.